The summed E-state index contributed by atoms with van der Waals surface area (Å²) in [5.41, 5.74) is 5.91. The quantitative estimate of drug-likeness (QED) is 0.286. The Labute approximate surface area is 107 Å². The van der Waals surface area contributed by atoms with E-state index in [0.717, 1.165) is 3.57 Å². The Morgan fingerprint density at radius 1 is 1.62 bits per heavy atom. The molecule has 1 rings (SSSR count). The minimum atomic E-state index is -0.162. The summed E-state index contributed by atoms with van der Waals surface area (Å²) in [6.07, 6.45) is 0. The van der Waals surface area contributed by atoms with Gasteiger partial charge in [0.15, 0.2) is 5.84 Å². The van der Waals surface area contributed by atoms with Crippen molar-refractivity contribution in [3.63, 3.8) is 0 Å². The number of benzene rings is 1. The number of hydrogen-bond donors (Lipinski definition) is 2. The lowest BCUT2D eigenvalue weighted by molar-refractivity contribution is 0.0813. The van der Waals surface area contributed by atoms with Crippen LogP contribution in [0.5, 0.6) is 0 Å². The molecule has 1 aromatic rings. The lowest BCUT2D eigenvalue weighted by atomic mass is 10.2. The van der Waals surface area contributed by atoms with Crippen LogP contribution in [0.2, 0.25) is 0 Å². The van der Waals surface area contributed by atoms with Gasteiger partial charge in [-0.1, -0.05) is 11.2 Å². The van der Waals surface area contributed by atoms with E-state index < -0.39 is 0 Å². The third-order valence-electron chi connectivity index (χ3n) is 1.95. The first-order valence-electron chi connectivity index (χ1n) is 4.52. The molecule has 0 aliphatic rings. The lowest BCUT2D eigenvalue weighted by Crippen LogP contribution is -2.35. The second-order valence-electron chi connectivity index (χ2n) is 3.26. The van der Waals surface area contributed by atoms with E-state index in [2.05, 4.69) is 27.7 Å². The molecule has 0 atom stereocenters. The highest BCUT2D eigenvalue weighted by Gasteiger charge is 2.12. The molecule has 0 radical (unpaired) electrons. The number of halogens is 1. The van der Waals surface area contributed by atoms with Gasteiger partial charge in [0.1, 0.15) is 0 Å². The second-order valence-corrected chi connectivity index (χ2v) is 4.51. The van der Waals surface area contributed by atoms with Gasteiger partial charge >= 0.3 is 0 Å². The van der Waals surface area contributed by atoms with Gasteiger partial charge in [0.05, 0.1) is 6.54 Å². The number of hydrogen-bond acceptors (Lipinski definition) is 3. The minimum absolute atomic E-state index is 0.00137. The third kappa shape index (κ3) is 3.37. The average Bonchev–Trinajstić information content (AvgIpc) is 2.27. The maximum atomic E-state index is 11.9. The molecule has 0 heterocycles. The number of amidine groups is 1. The number of oxime groups is 1. The summed E-state index contributed by atoms with van der Waals surface area (Å²) in [7, 11) is 1.60. The van der Waals surface area contributed by atoms with Crippen molar-refractivity contribution in [2.75, 3.05) is 13.6 Å². The molecule has 0 unspecified atom stereocenters. The molecule has 0 saturated heterocycles. The molecule has 6 heteroatoms. The average molecular weight is 333 g/mol. The van der Waals surface area contributed by atoms with E-state index in [4.69, 9.17) is 10.9 Å². The van der Waals surface area contributed by atoms with Crippen LogP contribution < -0.4 is 5.73 Å². The molecule has 3 N–H and O–H groups in total. The minimum Gasteiger partial charge on any atom is -0.409 e. The molecule has 86 valence electrons. The van der Waals surface area contributed by atoms with Crippen molar-refractivity contribution in [2.45, 2.75) is 0 Å². The molecule has 0 bridgehead atoms. The summed E-state index contributed by atoms with van der Waals surface area (Å²) in [5, 5.41) is 11.2. The third-order valence-corrected chi connectivity index (χ3v) is 2.62. The van der Waals surface area contributed by atoms with Crippen LogP contribution in [0.15, 0.2) is 29.4 Å². The van der Waals surface area contributed by atoms with E-state index >= 15 is 0 Å². The summed E-state index contributed by atoms with van der Waals surface area (Å²) in [6, 6.07) is 7.23. The van der Waals surface area contributed by atoms with E-state index in [1.54, 1.807) is 19.2 Å². The Morgan fingerprint density at radius 2 is 2.31 bits per heavy atom. The zero-order chi connectivity index (χ0) is 12.1. The molecule has 16 heavy (non-hydrogen) atoms. The fourth-order valence-corrected chi connectivity index (χ4v) is 1.73. The number of nitrogens with two attached hydrogens (primary N) is 1. The molecule has 1 amide bonds. The zero-order valence-corrected chi connectivity index (χ0v) is 10.9. The second kappa shape index (κ2) is 5.69. The molecule has 0 fully saturated rings. The van der Waals surface area contributed by atoms with Crippen LogP contribution in [-0.4, -0.2) is 35.4 Å². The smallest absolute Gasteiger partial charge is 0.254 e. The van der Waals surface area contributed by atoms with E-state index in [9.17, 15) is 4.79 Å². The number of nitrogens with zero attached hydrogens (tertiary/aromatic N) is 2. The van der Waals surface area contributed by atoms with Gasteiger partial charge in [-0.05, 0) is 40.8 Å². The van der Waals surface area contributed by atoms with Crippen molar-refractivity contribution in [3.05, 3.63) is 33.4 Å². The summed E-state index contributed by atoms with van der Waals surface area (Å²) < 4.78 is 0.987. The Balaban J connectivity index is 2.78. The Kier molecular flexibility index (Phi) is 4.53. The van der Waals surface area contributed by atoms with Gasteiger partial charge in [0.25, 0.3) is 5.91 Å². The normalized spacial score (nSPS) is 11.2. The highest BCUT2D eigenvalue weighted by molar-refractivity contribution is 14.1. The zero-order valence-electron chi connectivity index (χ0n) is 8.72. The molecular formula is C10H12IN3O2. The number of likely N-dealkylation sites (N-methyl/N-ethyl adjacent to an activating group) is 1. The first-order valence-corrected chi connectivity index (χ1v) is 5.60. The first-order chi connectivity index (χ1) is 7.54. The van der Waals surface area contributed by atoms with E-state index in [0.29, 0.717) is 5.56 Å². The summed E-state index contributed by atoms with van der Waals surface area (Å²) in [5.74, 6) is -0.161. The molecule has 0 saturated carbocycles. The van der Waals surface area contributed by atoms with Crippen molar-refractivity contribution in [1.29, 1.82) is 0 Å². The van der Waals surface area contributed by atoms with Crippen molar-refractivity contribution in [2.24, 2.45) is 10.9 Å². The molecule has 1 aromatic carbocycles. The van der Waals surface area contributed by atoms with Crippen LogP contribution in [-0.2, 0) is 0 Å². The van der Waals surface area contributed by atoms with Gasteiger partial charge in [-0.25, -0.2) is 0 Å². The fraction of sp³-hybridized carbons (Fsp3) is 0.200. The largest absolute Gasteiger partial charge is 0.409 e. The van der Waals surface area contributed by atoms with Gasteiger partial charge in [0.2, 0.25) is 0 Å². The van der Waals surface area contributed by atoms with Crippen molar-refractivity contribution >= 4 is 34.3 Å². The van der Waals surface area contributed by atoms with Gasteiger partial charge in [-0.2, -0.15) is 0 Å². The van der Waals surface area contributed by atoms with Crippen LogP contribution in [0.25, 0.3) is 0 Å². The number of amides is 1. The SMILES string of the molecule is CN(CC(N)=NO)C(=O)c1cccc(I)c1. The van der Waals surface area contributed by atoms with Gasteiger partial charge in [0, 0.05) is 16.2 Å². The van der Waals surface area contributed by atoms with Gasteiger partial charge < -0.3 is 15.8 Å². The number of rotatable bonds is 3. The molecular weight excluding hydrogens is 321 g/mol. The molecule has 0 aromatic heterocycles. The molecule has 0 aliphatic heterocycles. The molecule has 0 spiro atoms. The summed E-state index contributed by atoms with van der Waals surface area (Å²) in [6.45, 7) is 0.0980. The summed E-state index contributed by atoms with van der Waals surface area (Å²) in [4.78, 5) is 13.3. The standard InChI is InChI=1S/C10H12IN3O2/c1-14(6-9(12)13-16)10(15)7-3-2-4-8(11)5-7/h2-5,16H,6H2,1H3,(H2,12,13). The van der Waals surface area contributed by atoms with Crippen molar-refractivity contribution in [1.82, 2.24) is 4.90 Å². The highest BCUT2D eigenvalue weighted by Crippen LogP contribution is 2.09. The maximum Gasteiger partial charge on any atom is 0.254 e. The maximum absolute atomic E-state index is 11.9. The number of carbonyl (C=O) groups excluding carboxylic acids is 1. The van der Waals surface area contributed by atoms with E-state index in [1.165, 1.54) is 4.90 Å². The van der Waals surface area contributed by atoms with Crippen LogP contribution in [0.3, 0.4) is 0 Å². The van der Waals surface area contributed by atoms with Gasteiger partial charge in [-0.3, -0.25) is 4.79 Å². The summed E-state index contributed by atoms with van der Waals surface area (Å²) >= 11 is 2.14. The van der Waals surface area contributed by atoms with E-state index in [-0.39, 0.29) is 18.3 Å². The first kappa shape index (κ1) is 12.8. The topological polar surface area (TPSA) is 78.9 Å². The Morgan fingerprint density at radius 3 is 2.88 bits per heavy atom. The van der Waals surface area contributed by atoms with Gasteiger partial charge in [-0.15, -0.1) is 0 Å². The van der Waals surface area contributed by atoms with Crippen LogP contribution in [0, 0.1) is 3.57 Å². The predicted octanol–water partition coefficient (Wildman–Crippen LogP) is 1.11. The van der Waals surface area contributed by atoms with Crippen molar-refractivity contribution in [3.8, 4) is 0 Å². The molecule has 0 aliphatic carbocycles. The fourth-order valence-electron chi connectivity index (χ4n) is 1.19. The monoisotopic (exact) mass is 333 g/mol. The van der Waals surface area contributed by atoms with E-state index in [1.807, 2.05) is 12.1 Å². The predicted molar refractivity (Wildman–Crippen MR) is 69.5 cm³/mol. The molecule has 5 nitrogen and oxygen atoms in total. The Hall–Kier alpha value is -1.31. The van der Waals surface area contributed by atoms with Crippen LogP contribution in [0.4, 0.5) is 0 Å². The Bertz CT molecular complexity index is 420. The van der Waals surface area contributed by atoms with Crippen LogP contribution >= 0.6 is 22.6 Å². The van der Waals surface area contributed by atoms with Crippen LogP contribution in [0.1, 0.15) is 10.4 Å². The number of carbonyl (C=O) groups is 1. The lowest BCUT2D eigenvalue weighted by Gasteiger charge is -2.16. The van der Waals surface area contributed by atoms with Crippen molar-refractivity contribution < 1.29 is 10.0 Å². The highest BCUT2D eigenvalue weighted by atomic mass is 127.